The Morgan fingerprint density at radius 3 is 2.55 bits per heavy atom. The van der Waals surface area contributed by atoms with E-state index >= 15 is 0 Å². The van der Waals surface area contributed by atoms with E-state index in [1.54, 1.807) is 24.3 Å². The number of rotatable bonds is 5. The van der Waals surface area contributed by atoms with Crippen molar-refractivity contribution in [3.8, 4) is 0 Å². The number of carbonyl (C=O) groups is 5. The van der Waals surface area contributed by atoms with Crippen LogP contribution in [0.5, 0.6) is 0 Å². The minimum atomic E-state index is -0.987. The molecule has 4 amide bonds. The van der Waals surface area contributed by atoms with Gasteiger partial charge in [0, 0.05) is 23.0 Å². The van der Waals surface area contributed by atoms with E-state index in [4.69, 9.17) is 0 Å². The number of Topliss-reactive ketones (excluding diaryl/α,β-unsaturated/α-hetero) is 1. The topological polar surface area (TPSA) is 125 Å². The Morgan fingerprint density at radius 2 is 1.87 bits per heavy atom. The van der Waals surface area contributed by atoms with Crippen LogP contribution < -0.4 is 10.6 Å². The van der Waals surface area contributed by atoms with Crippen LogP contribution in [0.25, 0.3) is 0 Å². The lowest BCUT2D eigenvalue weighted by Gasteiger charge is -2.42. The molecule has 0 spiro atoms. The van der Waals surface area contributed by atoms with Crippen LogP contribution >= 0.6 is 15.9 Å². The molecule has 2 saturated heterocycles. The third-order valence-corrected chi connectivity index (χ3v) is 5.76. The largest absolute Gasteiger partial charge is 0.453 e. The number of nitrogens with zero attached hydrogens (tertiary/aromatic N) is 2. The highest BCUT2D eigenvalue weighted by atomic mass is 79.9. The van der Waals surface area contributed by atoms with E-state index < -0.39 is 30.0 Å². The predicted octanol–water partition coefficient (Wildman–Crippen LogP) is 1.00. The number of nitrogens with one attached hydrogen (secondary N) is 2. The summed E-state index contributed by atoms with van der Waals surface area (Å²) in [6.07, 6.45) is 0.225. The van der Waals surface area contributed by atoms with Crippen LogP contribution in [-0.2, 0) is 19.1 Å². The van der Waals surface area contributed by atoms with Crippen LogP contribution in [0.3, 0.4) is 0 Å². The van der Waals surface area contributed by atoms with Crippen molar-refractivity contribution >= 4 is 45.5 Å². The summed E-state index contributed by atoms with van der Waals surface area (Å²) in [6.45, 7) is 0.0634. The van der Waals surface area contributed by atoms with Gasteiger partial charge in [0.2, 0.25) is 11.8 Å². The van der Waals surface area contributed by atoms with Crippen LogP contribution in [0.2, 0.25) is 0 Å². The van der Waals surface area contributed by atoms with Crippen molar-refractivity contribution < 1.29 is 28.7 Å². The SMILES string of the molecule is COC(=O)N[C@H]1CCC(=O)N2CCC[C@@H](C(=O)NCC(=O)c3ccc(Br)cc3)N2C1=O. The molecule has 0 aliphatic carbocycles. The van der Waals surface area contributed by atoms with Gasteiger partial charge in [0.25, 0.3) is 5.91 Å². The maximum atomic E-state index is 13.1. The fraction of sp³-hybridized carbons (Fsp3) is 0.450. The number of carbonyl (C=O) groups excluding carboxylic acids is 5. The molecule has 0 bridgehead atoms. The average molecular weight is 495 g/mol. The van der Waals surface area contributed by atoms with Crippen molar-refractivity contribution in [1.29, 1.82) is 0 Å². The number of halogens is 1. The number of methoxy groups -OCH3 is 1. The molecule has 0 radical (unpaired) electrons. The quantitative estimate of drug-likeness (QED) is 0.588. The highest BCUT2D eigenvalue weighted by Gasteiger charge is 2.44. The van der Waals surface area contributed by atoms with E-state index in [-0.39, 0.29) is 31.1 Å². The summed E-state index contributed by atoms with van der Waals surface area (Å²) in [5, 5.41) is 7.40. The lowest BCUT2D eigenvalue weighted by atomic mass is 10.1. The summed E-state index contributed by atoms with van der Waals surface area (Å²) in [5.41, 5.74) is 0.442. The average Bonchev–Trinajstić information content (AvgIpc) is 2.89. The van der Waals surface area contributed by atoms with Gasteiger partial charge >= 0.3 is 6.09 Å². The molecule has 0 saturated carbocycles. The number of amides is 4. The molecule has 166 valence electrons. The van der Waals surface area contributed by atoms with Gasteiger partial charge in [-0.15, -0.1) is 0 Å². The zero-order valence-electron chi connectivity index (χ0n) is 16.9. The fourth-order valence-electron chi connectivity index (χ4n) is 3.63. The molecular formula is C20H23BrN4O6. The van der Waals surface area contributed by atoms with Gasteiger partial charge < -0.3 is 15.4 Å². The van der Waals surface area contributed by atoms with Crippen molar-refractivity contribution in [2.45, 2.75) is 37.8 Å². The van der Waals surface area contributed by atoms with Crippen molar-refractivity contribution in [2.75, 3.05) is 20.2 Å². The van der Waals surface area contributed by atoms with E-state index in [9.17, 15) is 24.0 Å². The van der Waals surface area contributed by atoms with Gasteiger partial charge in [-0.25, -0.2) is 9.80 Å². The number of hydrogen-bond donors (Lipinski definition) is 2. The Balaban J connectivity index is 1.72. The summed E-state index contributed by atoms with van der Waals surface area (Å²) in [7, 11) is 1.17. The molecule has 0 unspecified atom stereocenters. The maximum absolute atomic E-state index is 13.1. The second-order valence-electron chi connectivity index (χ2n) is 7.23. The molecule has 31 heavy (non-hydrogen) atoms. The van der Waals surface area contributed by atoms with Crippen molar-refractivity contribution in [2.24, 2.45) is 0 Å². The first-order valence-corrected chi connectivity index (χ1v) is 10.7. The molecule has 3 rings (SSSR count). The smallest absolute Gasteiger partial charge is 0.407 e. The van der Waals surface area contributed by atoms with Crippen LogP contribution in [0, 0.1) is 0 Å². The number of ether oxygens (including phenoxy) is 1. The Bertz CT molecular complexity index is 890. The van der Waals surface area contributed by atoms with Gasteiger partial charge in [-0.1, -0.05) is 28.1 Å². The number of hydrogen-bond acceptors (Lipinski definition) is 6. The van der Waals surface area contributed by atoms with E-state index in [1.165, 1.54) is 12.1 Å². The van der Waals surface area contributed by atoms with E-state index in [2.05, 4.69) is 31.3 Å². The Morgan fingerprint density at radius 1 is 1.16 bits per heavy atom. The minimum absolute atomic E-state index is 0.0489. The molecule has 10 nitrogen and oxygen atoms in total. The second-order valence-corrected chi connectivity index (χ2v) is 8.15. The highest BCUT2D eigenvalue weighted by Crippen LogP contribution is 2.25. The number of alkyl carbamates (subject to hydrolysis) is 1. The zero-order valence-corrected chi connectivity index (χ0v) is 18.5. The molecular weight excluding hydrogens is 472 g/mol. The maximum Gasteiger partial charge on any atom is 0.407 e. The summed E-state index contributed by atoms with van der Waals surface area (Å²) < 4.78 is 5.38. The predicted molar refractivity (Wildman–Crippen MR) is 112 cm³/mol. The molecule has 2 aliphatic rings. The number of fused-ring (bicyclic) bond motifs is 1. The first-order valence-electron chi connectivity index (χ1n) is 9.86. The standard InChI is InChI=1S/C20H23BrN4O6/c1-31-20(30)23-14-8-9-17(27)24-10-2-3-15(25(24)19(14)29)18(28)22-11-16(26)12-4-6-13(21)7-5-12/h4-7,14-15H,2-3,8-11H2,1H3,(H,22,28)(H,23,30)/t14-,15-/m0/s1. The molecule has 2 atom stereocenters. The number of hydrazine groups is 1. The molecule has 2 heterocycles. The monoisotopic (exact) mass is 494 g/mol. The van der Waals surface area contributed by atoms with E-state index in [0.717, 1.165) is 9.48 Å². The van der Waals surface area contributed by atoms with Crippen LogP contribution in [0.4, 0.5) is 4.79 Å². The van der Waals surface area contributed by atoms with Gasteiger partial charge in [-0.3, -0.25) is 24.2 Å². The first-order chi connectivity index (χ1) is 14.8. The molecule has 11 heteroatoms. The van der Waals surface area contributed by atoms with E-state index in [1.807, 2.05) is 0 Å². The molecule has 0 aromatic heterocycles. The van der Waals surface area contributed by atoms with Gasteiger partial charge in [0.1, 0.15) is 12.1 Å². The Hall–Kier alpha value is -2.95. The second kappa shape index (κ2) is 9.90. The van der Waals surface area contributed by atoms with Crippen LogP contribution in [-0.4, -0.2) is 71.9 Å². The lowest BCUT2D eigenvalue weighted by molar-refractivity contribution is -0.176. The fourth-order valence-corrected chi connectivity index (χ4v) is 3.89. The zero-order chi connectivity index (χ0) is 22.5. The Labute approximate surface area is 187 Å². The first kappa shape index (κ1) is 22.7. The molecule has 1 aromatic rings. The molecule has 2 N–H and O–H groups in total. The van der Waals surface area contributed by atoms with Crippen LogP contribution in [0.15, 0.2) is 28.7 Å². The van der Waals surface area contributed by atoms with Gasteiger partial charge in [-0.05, 0) is 31.4 Å². The lowest BCUT2D eigenvalue weighted by Crippen LogP contribution is -2.63. The van der Waals surface area contributed by atoms with Gasteiger partial charge in [0.05, 0.1) is 13.7 Å². The number of benzene rings is 1. The summed E-state index contributed by atoms with van der Waals surface area (Å²) >= 11 is 3.30. The number of ketones is 1. The van der Waals surface area contributed by atoms with Crippen molar-refractivity contribution in [1.82, 2.24) is 20.7 Å². The van der Waals surface area contributed by atoms with E-state index in [0.29, 0.717) is 24.9 Å². The van der Waals surface area contributed by atoms with Crippen LogP contribution in [0.1, 0.15) is 36.0 Å². The van der Waals surface area contributed by atoms with Crippen molar-refractivity contribution in [3.05, 3.63) is 34.3 Å². The third-order valence-electron chi connectivity index (χ3n) is 5.23. The van der Waals surface area contributed by atoms with Crippen molar-refractivity contribution in [3.63, 3.8) is 0 Å². The Kier molecular flexibility index (Phi) is 7.26. The molecule has 1 aromatic carbocycles. The minimum Gasteiger partial charge on any atom is -0.453 e. The molecule has 2 fully saturated rings. The highest BCUT2D eigenvalue weighted by molar-refractivity contribution is 9.10. The normalized spacial score (nSPS) is 21.1. The van der Waals surface area contributed by atoms with Gasteiger partial charge in [0.15, 0.2) is 5.78 Å². The molecule has 2 aliphatic heterocycles. The summed E-state index contributed by atoms with van der Waals surface area (Å²) in [4.78, 5) is 62.5. The summed E-state index contributed by atoms with van der Waals surface area (Å²) in [6, 6.07) is 4.79. The third kappa shape index (κ3) is 5.22. The summed E-state index contributed by atoms with van der Waals surface area (Å²) in [5.74, 6) is -1.67. The van der Waals surface area contributed by atoms with Gasteiger partial charge in [-0.2, -0.15) is 0 Å².